The van der Waals surface area contributed by atoms with Crippen LogP contribution in [0.2, 0.25) is 0 Å². The summed E-state index contributed by atoms with van der Waals surface area (Å²) in [7, 11) is 0. The fourth-order valence-corrected chi connectivity index (χ4v) is 1.89. The van der Waals surface area contributed by atoms with Crippen molar-refractivity contribution in [2.75, 3.05) is 0 Å². The second-order valence-corrected chi connectivity index (χ2v) is 4.49. The van der Waals surface area contributed by atoms with Crippen LogP contribution >= 0.6 is 0 Å². The molecule has 0 radical (unpaired) electrons. The molecule has 0 aromatic heterocycles. The molecule has 92 valence electrons. The lowest BCUT2D eigenvalue weighted by Crippen LogP contribution is -2.01. The zero-order valence-corrected chi connectivity index (χ0v) is 10.9. The van der Waals surface area contributed by atoms with Crippen LogP contribution in [-0.4, -0.2) is 5.78 Å². The summed E-state index contributed by atoms with van der Waals surface area (Å²) >= 11 is 0. The molecule has 0 heterocycles. The summed E-state index contributed by atoms with van der Waals surface area (Å²) in [6, 6.07) is 10.3. The summed E-state index contributed by atoms with van der Waals surface area (Å²) in [6.45, 7) is 3.86. The molecule has 0 spiro atoms. The van der Waals surface area contributed by atoms with Crippen molar-refractivity contribution in [3.05, 3.63) is 48.0 Å². The van der Waals surface area contributed by atoms with Gasteiger partial charge in [0, 0.05) is 12.3 Å². The lowest BCUT2D eigenvalue weighted by molar-refractivity contribution is -0.117. The van der Waals surface area contributed by atoms with Gasteiger partial charge in [0.2, 0.25) is 0 Å². The van der Waals surface area contributed by atoms with E-state index < -0.39 is 0 Å². The number of carbonyl (C=O) groups excluding carboxylic acids is 1. The van der Waals surface area contributed by atoms with Gasteiger partial charge in [-0.1, -0.05) is 62.2 Å². The number of benzene rings is 1. The minimum Gasteiger partial charge on any atom is -0.300 e. The highest BCUT2D eigenvalue weighted by molar-refractivity contribution is 5.76. The summed E-state index contributed by atoms with van der Waals surface area (Å²) < 4.78 is 0. The Morgan fingerprint density at radius 2 is 2.00 bits per heavy atom. The first-order valence-electron chi connectivity index (χ1n) is 6.45. The Labute approximate surface area is 105 Å². The van der Waals surface area contributed by atoms with Gasteiger partial charge in [-0.3, -0.25) is 4.79 Å². The zero-order valence-electron chi connectivity index (χ0n) is 10.9. The molecule has 0 aliphatic rings. The highest BCUT2D eigenvalue weighted by atomic mass is 16.1. The largest absolute Gasteiger partial charge is 0.300 e. The second kappa shape index (κ2) is 7.83. The third kappa shape index (κ3) is 5.48. The third-order valence-corrected chi connectivity index (χ3v) is 2.83. The molecule has 1 nitrogen and oxygen atoms in total. The smallest absolute Gasteiger partial charge is 0.130 e. The van der Waals surface area contributed by atoms with Crippen molar-refractivity contribution in [3.8, 4) is 0 Å². The fourth-order valence-electron chi connectivity index (χ4n) is 1.89. The molecule has 0 fully saturated rings. The molecule has 0 aliphatic heterocycles. The minimum atomic E-state index is 0.241. The van der Waals surface area contributed by atoms with Gasteiger partial charge in [-0.15, -0.1) is 0 Å². The Hall–Kier alpha value is -1.37. The van der Waals surface area contributed by atoms with Crippen LogP contribution in [0.4, 0.5) is 0 Å². The molecule has 0 bridgehead atoms. The van der Waals surface area contributed by atoms with Crippen molar-refractivity contribution in [2.24, 2.45) is 0 Å². The van der Waals surface area contributed by atoms with Crippen LogP contribution in [0, 0.1) is 0 Å². The van der Waals surface area contributed by atoms with Crippen LogP contribution < -0.4 is 0 Å². The fraction of sp³-hybridized carbons (Fsp3) is 0.438. The first-order valence-corrected chi connectivity index (χ1v) is 6.45. The van der Waals surface area contributed by atoms with E-state index in [-0.39, 0.29) is 11.7 Å². The summed E-state index contributed by atoms with van der Waals surface area (Å²) in [5, 5.41) is 0. The van der Waals surface area contributed by atoms with Crippen molar-refractivity contribution in [3.63, 3.8) is 0 Å². The van der Waals surface area contributed by atoms with Crippen molar-refractivity contribution in [1.82, 2.24) is 0 Å². The van der Waals surface area contributed by atoms with Gasteiger partial charge in [0.1, 0.15) is 5.78 Å². The number of unbranched alkanes of at least 4 members (excludes halogenated alkanes) is 2. The molecular formula is C16H22O. The van der Waals surface area contributed by atoms with Gasteiger partial charge in [-0.25, -0.2) is 0 Å². The van der Waals surface area contributed by atoms with Crippen LogP contribution in [-0.2, 0) is 4.79 Å². The van der Waals surface area contributed by atoms with Gasteiger partial charge in [0.25, 0.3) is 0 Å². The first-order chi connectivity index (χ1) is 8.24. The summed E-state index contributed by atoms with van der Waals surface area (Å²) in [5.74, 6) is 0.490. The minimum absolute atomic E-state index is 0.241. The Bertz CT molecular complexity index is 351. The lowest BCUT2D eigenvalue weighted by Gasteiger charge is -2.11. The van der Waals surface area contributed by atoms with Crippen molar-refractivity contribution in [2.45, 2.75) is 45.4 Å². The molecule has 0 saturated carbocycles. The molecule has 1 heteroatoms. The highest BCUT2D eigenvalue weighted by Gasteiger charge is 2.09. The van der Waals surface area contributed by atoms with Crippen LogP contribution in [0.15, 0.2) is 42.5 Å². The van der Waals surface area contributed by atoms with Crippen LogP contribution in [0.5, 0.6) is 0 Å². The van der Waals surface area contributed by atoms with Gasteiger partial charge >= 0.3 is 0 Å². The third-order valence-electron chi connectivity index (χ3n) is 2.83. The van der Waals surface area contributed by atoms with Gasteiger partial charge in [-0.2, -0.15) is 0 Å². The van der Waals surface area contributed by atoms with Gasteiger partial charge in [0.05, 0.1) is 0 Å². The maximum Gasteiger partial charge on any atom is 0.130 e. The zero-order chi connectivity index (χ0) is 12.5. The molecule has 1 aromatic rings. The van der Waals surface area contributed by atoms with Gasteiger partial charge < -0.3 is 0 Å². The van der Waals surface area contributed by atoms with E-state index in [0.29, 0.717) is 6.42 Å². The Morgan fingerprint density at radius 3 is 2.59 bits per heavy atom. The topological polar surface area (TPSA) is 17.1 Å². The normalized spacial score (nSPS) is 12.8. The molecular weight excluding hydrogens is 208 g/mol. The number of ketones is 1. The number of carbonyl (C=O) groups is 1. The molecule has 1 unspecified atom stereocenters. The molecule has 0 N–H and O–H groups in total. The second-order valence-electron chi connectivity index (χ2n) is 4.49. The van der Waals surface area contributed by atoms with E-state index in [2.05, 4.69) is 31.2 Å². The number of allylic oxidation sites excluding steroid dienone is 2. The van der Waals surface area contributed by atoms with E-state index in [0.717, 1.165) is 6.42 Å². The van der Waals surface area contributed by atoms with Crippen LogP contribution in [0.3, 0.4) is 0 Å². The maximum atomic E-state index is 11.3. The predicted octanol–water partition coefficient (Wildman–Crippen LogP) is 4.50. The van der Waals surface area contributed by atoms with E-state index >= 15 is 0 Å². The van der Waals surface area contributed by atoms with Crippen LogP contribution in [0.25, 0.3) is 0 Å². The molecule has 0 aliphatic carbocycles. The predicted molar refractivity (Wildman–Crippen MR) is 73.1 cm³/mol. The molecule has 17 heavy (non-hydrogen) atoms. The van der Waals surface area contributed by atoms with Crippen molar-refractivity contribution < 1.29 is 4.79 Å². The number of hydrogen-bond donors (Lipinski definition) is 0. The summed E-state index contributed by atoms with van der Waals surface area (Å²) in [6.07, 6.45) is 8.55. The van der Waals surface area contributed by atoms with Crippen molar-refractivity contribution >= 4 is 5.78 Å². The van der Waals surface area contributed by atoms with E-state index in [1.165, 1.54) is 18.4 Å². The highest BCUT2D eigenvalue weighted by Crippen LogP contribution is 2.21. The van der Waals surface area contributed by atoms with Gasteiger partial charge in [-0.05, 0) is 18.9 Å². The average Bonchev–Trinajstić information content (AvgIpc) is 2.34. The molecule has 0 amide bonds. The molecule has 1 atom stereocenters. The average molecular weight is 230 g/mol. The monoisotopic (exact) mass is 230 g/mol. The Morgan fingerprint density at radius 1 is 1.29 bits per heavy atom. The summed E-state index contributed by atoms with van der Waals surface area (Å²) in [5.41, 5.74) is 1.23. The van der Waals surface area contributed by atoms with E-state index in [4.69, 9.17) is 0 Å². The van der Waals surface area contributed by atoms with E-state index in [9.17, 15) is 4.79 Å². The Balaban J connectivity index is 2.67. The van der Waals surface area contributed by atoms with Gasteiger partial charge in [0.15, 0.2) is 0 Å². The maximum absolute atomic E-state index is 11.3. The Kier molecular flexibility index (Phi) is 6.31. The first kappa shape index (κ1) is 13.7. The van der Waals surface area contributed by atoms with Crippen molar-refractivity contribution in [1.29, 1.82) is 0 Å². The van der Waals surface area contributed by atoms with E-state index in [1.807, 2.05) is 18.2 Å². The number of rotatable bonds is 7. The molecule has 1 aromatic carbocycles. The quantitative estimate of drug-likeness (QED) is 0.498. The number of hydrogen-bond acceptors (Lipinski definition) is 1. The number of Topliss-reactive ketones (excluding diaryl/α,β-unsaturated/α-hetero) is 1. The SMILES string of the molecule is CCCC/C=C/C(CC(C)=O)c1ccccc1. The van der Waals surface area contributed by atoms with E-state index in [1.54, 1.807) is 6.92 Å². The molecule has 0 saturated heterocycles. The lowest BCUT2D eigenvalue weighted by atomic mass is 9.93. The summed E-state index contributed by atoms with van der Waals surface area (Å²) in [4.78, 5) is 11.3. The molecule has 1 rings (SSSR count). The standard InChI is InChI=1S/C16H22O/c1-3-4-5-7-12-16(13-14(2)17)15-10-8-6-9-11-15/h6-12,16H,3-5,13H2,1-2H3/b12-7+. The van der Waals surface area contributed by atoms with Crippen LogP contribution in [0.1, 0.15) is 51.0 Å².